The number of hydrogen-bond donors (Lipinski definition) is 1. The molecule has 4 heteroatoms. The van der Waals surface area contributed by atoms with Gasteiger partial charge in [0.2, 0.25) is 0 Å². The number of anilines is 1. The quantitative estimate of drug-likeness (QED) is 0.812. The summed E-state index contributed by atoms with van der Waals surface area (Å²) in [5.74, 6) is -0.113. The van der Waals surface area contributed by atoms with Gasteiger partial charge in [0.05, 0.1) is 0 Å². The summed E-state index contributed by atoms with van der Waals surface area (Å²) in [6, 6.07) is 13.1. The molecule has 0 heterocycles. The lowest BCUT2D eigenvalue weighted by Gasteiger charge is -2.09. The molecule has 1 N–H and O–H groups in total. The molecule has 0 fully saturated rings. The maximum atomic E-state index is 12.1. The van der Waals surface area contributed by atoms with E-state index in [-0.39, 0.29) is 5.91 Å². The minimum absolute atomic E-state index is 0.113. The van der Waals surface area contributed by atoms with Gasteiger partial charge in [-0.15, -0.1) is 0 Å². The summed E-state index contributed by atoms with van der Waals surface area (Å²) >= 11 is 6.75. The molecule has 0 saturated heterocycles. The number of carbonyl (C=O) groups is 1. The number of hydrogen-bond acceptors (Lipinski definition) is 1. The molecule has 0 unspecified atom stereocenters. The molecule has 0 spiro atoms. The van der Waals surface area contributed by atoms with Crippen molar-refractivity contribution in [2.75, 3.05) is 5.32 Å². The van der Waals surface area contributed by atoms with E-state index in [9.17, 15) is 4.79 Å². The summed E-state index contributed by atoms with van der Waals surface area (Å²) in [6.45, 7) is 1.96. The van der Waals surface area contributed by atoms with Crippen LogP contribution in [-0.4, -0.2) is 5.91 Å². The van der Waals surface area contributed by atoms with E-state index in [1.807, 2.05) is 37.3 Å². The molecule has 2 nitrogen and oxygen atoms in total. The van der Waals surface area contributed by atoms with Crippen molar-refractivity contribution in [1.29, 1.82) is 0 Å². The van der Waals surface area contributed by atoms with Crippen LogP contribution in [-0.2, 0) is 0 Å². The third-order valence-electron chi connectivity index (χ3n) is 2.53. The van der Waals surface area contributed by atoms with E-state index in [1.54, 1.807) is 12.1 Å². The highest BCUT2D eigenvalue weighted by Gasteiger charge is 2.08. The lowest BCUT2D eigenvalue weighted by molar-refractivity contribution is 0.102. The van der Waals surface area contributed by atoms with Crippen molar-refractivity contribution in [3.05, 3.63) is 62.5 Å². The van der Waals surface area contributed by atoms with E-state index < -0.39 is 0 Å². The van der Waals surface area contributed by atoms with Crippen molar-refractivity contribution in [3.63, 3.8) is 0 Å². The Labute approximate surface area is 123 Å². The monoisotopic (exact) mass is 367 g/mol. The molecule has 0 bridgehead atoms. The topological polar surface area (TPSA) is 29.1 Å². The third kappa shape index (κ3) is 3.21. The number of benzene rings is 2. The van der Waals surface area contributed by atoms with Crippen LogP contribution < -0.4 is 5.32 Å². The summed E-state index contributed by atoms with van der Waals surface area (Å²) in [4.78, 5) is 12.1. The average molecular weight is 369 g/mol. The Hall–Kier alpha value is -1.13. The van der Waals surface area contributed by atoms with Crippen LogP contribution in [0.5, 0.6) is 0 Å². The minimum Gasteiger partial charge on any atom is -0.322 e. The molecule has 0 aliphatic carbocycles. The first kappa shape index (κ1) is 13.3. The van der Waals surface area contributed by atoms with Crippen LogP contribution in [0.25, 0.3) is 0 Å². The molecule has 18 heavy (non-hydrogen) atoms. The molecular weight excluding hydrogens is 358 g/mol. The lowest BCUT2D eigenvalue weighted by Crippen LogP contribution is -2.12. The summed E-state index contributed by atoms with van der Waals surface area (Å²) in [5, 5.41) is 2.90. The van der Waals surface area contributed by atoms with Gasteiger partial charge in [0, 0.05) is 20.2 Å². The van der Waals surface area contributed by atoms with Gasteiger partial charge in [0.15, 0.2) is 0 Å². The van der Waals surface area contributed by atoms with Crippen molar-refractivity contribution in [1.82, 2.24) is 0 Å². The van der Waals surface area contributed by atoms with Gasteiger partial charge >= 0.3 is 0 Å². The highest BCUT2D eigenvalue weighted by molar-refractivity contribution is 9.10. The Bertz CT molecular complexity index is 596. The van der Waals surface area contributed by atoms with Crippen LogP contribution in [0, 0.1) is 6.92 Å². The molecule has 2 rings (SSSR count). The number of halogens is 2. The first-order valence-electron chi connectivity index (χ1n) is 5.39. The summed E-state index contributed by atoms with van der Waals surface area (Å²) in [7, 11) is 0. The number of rotatable bonds is 2. The molecular formula is C14H11Br2NO. The van der Waals surface area contributed by atoms with Crippen LogP contribution in [0.2, 0.25) is 0 Å². The number of nitrogens with one attached hydrogen (secondary N) is 1. The van der Waals surface area contributed by atoms with E-state index in [1.165, 1.54) is 0 Å². The average Bonchev–Trinajstić information content (AvgIpc) is 2.34. The first-order chi connectivity index (χ1) is 8.56. The molecule has 0 aliphatic heterocycles. The fourth-order valence-electron chi connectivity index (χ4n) is 1.55. The van der Waals surface area contributed by atoms with Crippen LogP contribution in [0.4, 0.5) is 5.69 Å². The Balaban J connectivity index is 2.24. The largest absolute Gasteiger partial charge is 0.322 e. The van der Waals surface area contributed by atoms with Crippen LogP contribution in [0.1, 0.15) is 15.9 Å². The zero-order valence-corrected chi connectivity index (χ0v) is 12.9. The normalized spacial score (nSPS) is 10.2. The second-order valence-corrected chi connectivity index (χ2v) is 5.76. The molecule has 0 atom stereocenters. The van der Waals surface area contributed by atoms with Crippen molar-refractivity contribution < 1.29 is 4.79 Å². The molecule has 92 valence electrons. The Kier molecular flexibility index (Phi) is 4.19. The van der Waals surface area contributed by atoms with E-state index in [4.69, 9.17) is 0 Å². The maximum Gasteiger partial charge on any atom is 0.255 e. The fourth-order valence-corrected chi connectivity index (χ4v) is 2.31. The molecule has 0 aromatic heterocycles. The molecule has 2 aromatic carbocycles. The van der Waals surface area contributed by atoms with Gasteiger partial charge in [-0.05, 0) is 42.8 Å². The van der Waals surface area contributed by atoms with Crippen molar-refractivity contribution in [2.24, 2.45) is 0 Å². The number of carbonyl (C=O) groups excluding carboxylic acids is 1. The predicted octanol–water partition coefficient (Wildman–Crippen LogP) is 4.77. The smallest absolute Gasteiger partial charge is 0.255 e. The van der Waals surface area contributed by atoms with Crippen molar-refractivity contribution in [2.45, 2.75) is 6.92 Å². The van der Waals surface area contributed by atoms with Crippen LogP contribution >= 0.6 is 31.9 Å². The fraction of sp³-hybridized carbons (Fsp3) is 0.0714. The van der Waals surface area contributed by atoms with E-state index >= 15 is 0 Å². The zero-order valence-electron chi connectivity index (χ0n) is 9.71. The first-order valence-corrected chi connectivity index (χ1v) is 6.98. The molecule has 0 saturated carbocycles. The number of amides is 1. The predicted molar refractivity (Wildman–Crippen MR) is 81.0 cm³/mol. The number of aryl methyl sites for hydroxylation is 1. The lowest BCUT2D eigenvalue weighted by atomic mass is 10.1. The summed E-state index contributed by atoms with van der Waals surface area (Å²) < 4.78 is 1.83. The summed E-state index contributed by atoms with van der Waals surface area (Å²) in [6.07, 6.45) is 0. The molecule has 0 radical (unpaired) electrons. The second kappa shape index (κ2) is 5.67. The van der Waals surface area contributed by atoms with Crippen LogP contribution in [0.15, 0.2) is 51.4 Å². The van der Waals surface area contributed by atoms with Gasteiger partial charge in [-0.2, -0.15) is 0 Å². The van der Waals surface area contributed by atoms with Crippen molar-refractivity contribution >= 4 is 43.5 Å². The van der Waals surface area contributed by atoms with Crippen molar-refractivity contribution in [3.8, 4) is 0 Å². The van der Waals surface area contributed by atoms with E-state index in [0.717, 1.165) is 20.2 Å². The second-order valence-electron chi connectivity index (χ2n) is 3.92. The van der Waals surface area contributed by atoms with E-state index in [2.05, 4.69) is 37.2 Å². The van der Waals surface area contributed by atoms with Gasteiger partial charge < -0.3 is 5.32 Å². The third-order valence-corrected chi connectivity index (χ3v) is 3.52. The standard InChI is InChI=1S/C14H11Br2NO/c1-9-5-6-12(16)8-13(9)17-14(18)10-3-2-4-11(15)7-10/h2-8H,1H3,(H,17,18). The Morgan fingerprint density at radius 1 is 1.06 bits per heavy atom. The summed E-state index contributed by atoms with van der Waals surface area (Å²) in [5.41, 5.74) is 2.47. The van der Waals surface area contributed by atoms with Gasteiger partial charge in [-0.1, -0.05) is 44.0 Å². The Morgan fingerprint density at radius 3 is 2.50 bits per heavy atom. The maximum absolute atomic E-state index is 12.1. The van der Waals surface area contributed by atoms with Crippen LogP contribution in [0.3, 0.4) is 0 Å². The van der Waals surface area contributed by atoms with E-state index in [0.29, 0.717) is 5.56 Å². The SMILES string of the molecule is Cc1ccc(Br)cc1NC(=O)c1cccc(Br)c1. The zero-order chi connectivity index (χ0) is 13.1. The highest BCUT2D eigenvalue weighted by atomic mass is 79.9. The van der Waals surface area contributed by atoms with Gasteiger partial charge in [-0.3, -0.25) is 4.79 Å². The molecule has 2 aromatic rings. The highest BCUT2D eigenvalue weighted by Crippen LogP contribution is 2.21. The minimum atomic E-state index is -0.113. The molecule has 1 amide bonds. The molecule has 0 aliphatic rings. The van der Waals surface area contributed by atoms with Gasteiger partial charge in [-0.25, -0.2) is 0 Å². The van der Waals surface area contributed by atoms with Gasteiger partial charge in [0.25, 0.3) is 5.91 Å². The van der Waals surface area contributed by atoms with Gasteiger partial charge in [0.1, 0.15) is 0 Å². The Morgan fingerprint density at radius 2 is 1.78 bits per heavy atom.